The van der Waals surface area contributed by atoms with Crippen LogP contribution in [0.2, 0.25) is 0 Å². The monoisotopic (exact) mass is 256 g/mol. The molecule has 0 N–H and O–H groups in total. The van der Waals surface area contributed by atoms with Crippen molar-refractivity contribution >= 4 is 17.3 Å². The number of ketones is 3. The summed E-state index contributed by atoms with van der Waals surface area (Å²) in [5, 5.41) is 0. The van der Waals surface area contributed by atoms with Crippen LogP contribution in [0, 0.1) is 5.92 Å². The van der Waals surface area contributed by atoms with Crippen molar-refractivity contribution in [2.45, 2.75) is 26.7 Å². The minimum absolute atomic E-state index is 0.00165. The van der Waals surface area contributed by atoms with Crippen LogP contribution in [-0.2, 0) is 4.79 Å². The van der Waals surface area contributed by atoms with Crippen LogP contribution >= 0.6 is 0 Å². The van der Waals surface area contributed by atoms with Gasteiger partial charge in [0.15, 0.2) is 11.6 Å². The third kappa shape index (κ3) is 2.87. The molecule has 98 valence electrons. The minimum Gasteiger partial charge on any atom is -0.299 e. The summed E-state index contributed by atoms with van der Waals surface area (Å²) in [7, 11) is 0. The highest BCUT2D eigenvalue weighted by atomic mass is 16.1. The van der Waals surface area contributed by atoms with E-state index in [2.05, 4.69) is 0 Å². The number of hydrogen-bond donors (Lipinski definition) is 0. The van der Waals surface area contributed by atoms with Gasteiger partial charge in [0, 0.05) is 29.5 Å². The molecule has 0 aromatic heterocycles. The molecule has 0 atom stereocenters. The van der Waals surface area contributed by atoms with Crippen LogP contribution in [0.15, 0.2) is 35.9 Å². The predicted octanol–water partition coefficient (Wildman–Crippen LogP) is 3.00. The first-order valence-electron chi connectivity index (χ1n) is 6.39. The van der Waals surface area contributed by atoms with Gasteiger partial charge in [-0.25, -0.2) is 0 Å². The summed E-state index contributed by atoms with van der Waals surface area (Å²) in [4.78, 5) is 35.9. The van der Waals surface area contributed by atoms with Crippen molar-refractivity contribution in [2.75, 3.05) is 0 Å². The van der Waals surface area contributed by atoms with Crippen LogP contribution in [0.1, 0.15) is 47.4 Å². The van der Waals surface area contributed by atoms with E-state index in [1.807, 2.05) is 13.8 Å². The highest BCUT2D eigenvalue weighted by molar-refractivity contribution is 6.25. The molecule has 0 bridgehead atoms. The lowest BCUT2D eigenvalue weighted by Gasteiger charge is -2.14. The van der Waals surface area contributed by atoms with E-state index in [0.29, 0.717) is 23.1 Å². The summed E-state index contributed by atoms with van der Waals surface area (Å²) < 4.78 is 0. The second-order valence-corrected chi connectivity index (χ2v) is 5.22. The van der Waals surface area contributed by atoms with Gasteiger partial charge in [-0.15, -0.1) is 0 Å². The summed E-state index contributed by atoms with van der Waals surface area (Å²) in [6, 6.07) is 6.73. The van der Waals surface area contributed by atoms with Crippen LogP contribution in [0.4, 0.5) is 0 Å². The van der Waals surface area contributed by atoms with E-state index >= 15 is 0 Å². The number of rotatable bonds is 4. The van der Waals surface area contributed by atoms with E-state index < -0.39 is 0 Å². The zero-order valence-corrected chi connectivity index (χ0v) is 11.1. The number of Topliss-reactive ketones (excluding diaryl/α,β-unsaturated/α-hetero) is 2. The first kappa shape index (κ1) is 13.4. The quantitative estimate of drug-likeness (QED) is 0.832. The van der Waals surface area contributed by atoms with Crippen molar-refractivity contribution in [3.63, 3.8) is 0 Å². The van der Waals surface area contributed by atoms with Gasteiger partial charge < -0.3 is 0 Å². The molecule has 1 aliphatic rings. The van der Waals surface area contributed by atoms with Crippen LogP contribution in [-0.4, -0.2) is 17.3 Å². The second-order valence-electron chi connectivity index (χ2n) is 5.22. The normalized spacial score (nSPS) is 14.4. The maximum Gasteiger partial charge on any atom is 0.190 e. The summed E-state index contributed by atoms with van der Waals surface area (Å²) in [5.74, 6) is -0.133. The number of allylic oxidation sites excluding steroid dienone is 2. The molecular weight excluding hydrogens is 240 g/mol. The third-order valence-electron chi connectivity index (χ3n) is 3.06. The lowest BCUT2D eigenvalue weighted by molar-refractivity contribution is -0.119. The van der Waals surface area contributed by atoms with Gasteiger partial charge in [-0.1, -0.05) is 38.1 Å². The fourth-order valence-electron chi connectivity index (χ4n) is 2.24. The minimum atomic E-state index is -0.202. The molecule has 0 amide bonds. The van der Waals surface area contributed by atoms with Crippen molar-refractivity contribution in [3.05, 3.63) is 47.0 Å². The number of carbonyl (C=O) groups is 3. The molecular formula is C16H16O3. The average Bonchev–Trinajstić information content (AvgIpc) is 2.34. The molecule has 1 aromatic rings. The van der Waals surface area contributed by atoms with Crippen molar-refractivity contribution < 1.29 is 14.4 Å². The largest absolute Gasteiger partial charge is 0.299 e. The molecule has 19 heavy (non-hydrogen) atoms. The van der Waals surface area contributed by atoms with Crippen molar-refractivity contribution in [2.24, 2.45) is 5.92 Å². The zero-order valence-electron chi connectivity index (χ0n) is 11.1. The smallest absolute Gasteiger partial charge is 0.190 e. The summed E-state index contributed by atoms with van der Waals surface area (Å²) in [5.41, 5.74) is 1.14. The Balaban J connectivity index is 2.23. The fourth-order valence-corrected chi connectivity index (χ4v) is 2.24. The van der Waals surface area contributed by atoms with Gasteiger partial charge in [0.2, 0.25) is 0 Å². The molecule has 0 radical (unpaired) electrons. The second kappa shape index (κ2) is 5.31. The van der Waals surface area contributed by atoms with Gasteiger partial charge in [-0.2, -0.15) is 0 Å². The molecule has 0 heterocycles. The van der Waals surface area contributed by atoms with Gasteiger partial charge in [-0.05, 0) is 12.0 Å². The summed E-state index contributed by atoms with van der Waals surface area (Å²) in [6.45, 7) is 3.91. The van der Waals surface area contributed by atoms with Crippen molar-refractivity contribution in [3.8, 4) is 0 Å². The van der Waals surface area contributed by atoms with Crippen LogP contribution in [0.5, 0.6) is 0 Å². The Morgan fingerprint density at radius 2 is 1.74 bits per heavy atom. The number of fused-ring (bicyclic) bond motifs is 1. The van der Waals surface area contributed by atoms with E-state index in [0.717, 1.165) is 0 Å². The Morgan fingerprint density at radius 3 is 2.37 bits per heavy atom. The first-order chi connectivity index (χ1) is 8.99. The van der Waals surface area contributed by atoms with Crippen molar-refractivity contribution in [1.82, 2.24) is 0 Å². The van der Waals surface area contributed by atoms with E-state index in [-0.39, 0.29) is 29.7 Å². The highest BCUT2D eigenvalue weighted by Gasteiger charge is 2.26. The average molecular weight is 256 g/mol. The topological polar surface area (TPSA) is 51.2 Å². The molecule has 3 heteroatoms. The Morgan fingerprint density at radius 1 is 1.11 bits per heavy atom. The Hall–Kier alpha value is -2.03. The van der Waals surface area contributed by atoms with E-state index in [1.165, 1.54) is 6.08 Å². The molecule has 2 rings (SSSR count). The van der Waals surface area contributed by atoms with Gasteiger partial charge in [0.1, 0.15) is 5.78 Å². The number of carbonyl (C=O) groups excluding carboxylic acids is 3. The van der Waals surface area contributed by atoms with Crippen LogP contribution < -0.4 is 0 Å². The van der Waals surface area contributed by atoms with Crippen LogP contribution in [0.3, 0.4) is 0 Å². The fraction of sp³-hybridized carbons (Fsp3) is 0.312. The first-order valence-corrected chi connectivity index (χ1v) is 6.39. The summed E-state index contributed by atoms with van der Waals surface area (Å²) in [6.07, 6.45) is 1.79. The summed E-state index contributed by atoms with van der Waals surface area (Å²) >= 11 is 0. The molecule has 1 aromatic carbocycles. The molecule has 0 saturated heterocycles. The van der Waals surface area contributed by atoms with E-state index in [1.54, 1.807) is 24.3 Å². The predicted molar refractivity (Wildman–Crippen MR) is 72.3 cm³/mol. The van der Waals surface area contributed by atoms with Gasteiger partial charge in [-0.3, -0.25) is 14.4 Å². The Kier molecular flexibility index (Phi) is 3.74. The number of hydrogen-bond acceptors (Lipinski definition) is 3. The lowest BCUT2D eigenvalue weighted by Crippen LogP contribution is -2.19. The SMILES string of the molecule is CC(C)CC(=O)CC1=CC(=O)c2ccccc2C1=O. The molecule has 1 aliphatic carbocycles. The van der Waals surface area contributed by atoms with Gasteiger partial charge in [0.05, 0.1) is 0 Å². The lowest BCUT2D eigenvalue weighted by atomic mass is 9.86. The molecule has 0 unspecified atom stereocenters. The van der Waals surface area contributed by atoms with Gasteiger partial charge in [0.25, 0.3) is 0 Å². The molecule has 3 nitrogen and oxygen atoms in total. The molecule has 0 aliphatic heterocycles. The maximum atomic E-state index is 12.2. The maximum absolute atomic E-state index is 12.2. The third-order valence-corrected chi connectivity index (χ3v) is 3.06. The Labute approximate surface area is 112 Å². The standard InChI is InChI=1S/C16H16O3/c1-10(2)7-12(17)8-11-9-15(18)13-5-3-4-6-14(13)16(11)19/h3-6,9-10H,7-8H2,1-2H3. The zero-order chi connectivity index (χ0) is 14.0. The highest BCUT2D eigenvalue weighted by Crippen LogP contribution is 2.23. The molecule has 0 spiro atoms. The van der Waals surface area contributed by atoms with Crippen LogP contribution in [0.25, 0.3) is 0 Å². The van der Waals surface area contributed by atoms with Crippen molar-refractivity contribution in [1.29, 1.82) is 0 Å². The molecule has 0 fully saturated rings. The van der Waals surface area contributed by atoms with E-state index in [9.17, 15) is 14.4 Å². The Bertz CT molecular complexity index is 579. The molecule has 0 saturated carbocycles. The van der Waals surface area contributed by atoms with Gasteiger partial charge >= 0.3 is 0 Å². The van der Waals surface area contributed by atoms with E-state index in [4.69, 9.17) is 0 Å². The number of benzene rings is 1.